The standard InChI is InChI=1S/C13H24O4/c1-11(2,3)13(9(14)16-7,10(15)17-8)12(4,5)6/h1-8H3. The van der Waals surface area contributed by atoms with Crippen molar-refractivity contribution in [2.45, 2.75) is 41.5 Å². The maximum Gasteiger partial charge on any atom is 0.324 e. The predicted octanol–water partition coefficient (Wildman–Crippen LogP) is 2.41. The highest BCUT2D eigenvalue weighted by molar-refractivity contribution is 6.01. The van der Waals surface area contributed by atoms with Crippen LogP contribution in [0.2, 0.25) is 0 Å². The molecular formula is C13H24O4. The number of ether oxygens (including phenoxy) is 2. The third-order valence-corrected chi connectivity index (χ3v) is 3.23. The van der Waals surface area contributed by atoms with Gasteiger partial charge in [-0.2, -0.15) is 0 Å². The van der Waals surface area contributed by atoms with Crippen LogP contribution in [0.5, 0.6) is 0 Å². The minimum atomic E-state index is -1.33. The fraction of sp³-hybridized carbons (Fsp3) is 0.846. The number of hydrogen-bond acceptors (Lipinski definition) is 4. The second kappa shape index (κ2) is 4.67. The maximum absolute atomic E-state index is 12.2. The van der Waals surface area contributed by atoms with Crippen LogP contribution in [-0.2, 0) is 19.1 Å². The molecule has 17 heavy (non-hydrogen) atoms. The summed E-state index contributed by atoms with van der Waals surface area (Å²) in [6.45, 7) is 11.0. The molecule has 0 aliphatic rings. The highest BCUT2D eigenvalue weighted by atomic mass is 16.5. The number of esters is 2. The second-order valence-corrected chi connectivity index (χ2v) is 6.23. The van der Waals surface area contributed by atoms with E-state index in [1.807, 2.05) is 41.5 Å². The van der Waals surface area contributed by atoms with E-state index in [1.54, 1.807) is 0 Å². The van der Waals surface area contributed by atoms with Crippen molar-refractivity contribution in [3.8, 4) is 0 Å². The van der Waals surface area contributed by atoms with Crippen molar-refractivity contribution < 1.29 is 19.1 Å². The molecule has 0 aromatic carbocycles. The van der Waals surface area contributed by atoms with Crippen LogP contribution < -0.4 is 0 Å². The van der Waals surface area contributed by atoms with E-state index in [4.69, 9.17) is 9.47 Å². The first-order valence-corrected chi connectivity index (χ1v) is 5.63. The number of carbonyl (C=O) groups is 2. The summed E-state index contributed by atoms with van der Waals surface area (Å²) in [5.74, 6) is -1.10. The van der Waals surface area contributed by atoms with Gasteiger partial charge < -0.3 is 9.47 Å². The largest absolute Gasteiger partial charge is 0.468 e. The molecule has 0 fully saturated rings. The molecule has 0 N–H and O–H groups in total. The lowest BCUT2D eigenvalue weighted by Gasteiger charge is -2.48. The van der Waals surface area contributed by atoms with Gasteiger partial charge in [-0.3, -0.25) is 9.59 Å². The predicted molar refractivity (Wildman–Crippen MR) is 65.4 cm³/mol. The Kier molecular flexibility index (Phi) is 4.38. The van der Waals surface area contributed by atoms with Gasteiger partial charge in [-0.05, 0) is 10.8 Å². The monoisotopic (exact) mass is 244 g/mol. The number of methoxy groups -OCH3 is 2. The summed E-state index contributed by atoms with van der Waals surface area (Å²) in [5.41, 5.74) is -2.54. The summed E-state index contributed by atoms with van der Waals surface area (Å²) in [6.07, 6.45) is 0. The highest BCUT2D eigenvalue weighted by Gasteiger charge is 2.63. The van der Waals surface area contributed by atoms with Crippen molar-refractivity contribution >= 4 is 11.9 Å². The van der Waals surface area contributed by atoms with Gasteiger partial charge in [0.2, 0.25) is 0 Å². The van der Waals surface area contributed by atoms with E-state index in [0.29, 0.717) is 0 Å². The molecule has 0 saturated heterocycles. The number of rotatable bonds is 2. The third-order valence-electron chi connectivity index (χ3n) is 3.23. The van der Waals surface area contributed by atoms with Crippen LogP contribution in [0.25, 0.3) is 0 Å². The molecule has 0 amide bonds. The Balaban J connectivity index is 6.12. The molecule has 0 atom stereocenters. The molecule has 0 unspecified atom stereocenters. The molecule has 100 valence electrons. The van der Waals surface area contributed by atoms with E-state index in [2.05, 4.69) is 0 Å². The zero-order valence-electron chi connectivity index (χ0n) is 12.1. The van der Waals surface area contributed by atoms with E-state index >= 15 is 0 Å². The van der Waals surface area contributed by atoms with Gasteiger partial charge in [-0.15, -0.1) is 0 Å². The van der Waals surface area contributed by atoms with Crippen LogP contribution in [0.15, 0.2) is 0 Å². The van der Waals surface area contributed by atoms with Crippen molar-refractivity contribution in [1.29, 1.82) is 0 Å². The second-order valence-electron chi connectivity index (χ2n) is 6.23. The fourth-order valence-electron chi connectivity index (χ4n) is 2.74. The summed E-state index contributed by atoms with van der Waals surface area (Å²) >= 11 is 0. The summed E-state index contributed by atoms with van der Waals surface area (Å²) < 4.78 is 9.70. The molecule has 4 heteroatoms. The lowest BCUT2D eigenvalue weighted by Crippen LogP contribution is -2.58. The summed E-state index contributed by atoms with van der Waals surface area (Å²) in [4.78, 5) is 24.4. The van der Waals surface area contributed by atoms with Gasteiger partial charge in [0.1, 0.15) is 0 Å². The Hall–Kier alpha value is -1.06. The fourth-order valence-corrected chi connectivity index (χ4v) is 2.74. The van der Waals surface area contributed by atoms with E-state index in [9.17, 15) is 9.59 Å². The topological polar surface area (TPSA) is 52.6 Å². The van der Waals surface area contributed by atoms with E-state index in [1.165, 1.54) is 14.2 Å². The van der Waals surface area contributed by atoms with E-state index < -0.39 is 28.2 Å². The SMILES string of the molecule is COC(=O)C(C(=O)OC)(C(C)(C)C)C(C)(C)C. The van der Waals surface area contributed by atoms with Gasteiger partial charge in [0.25, 0.3) is 0 Å². The number of carbonyl (C=O) groups excluding carboxylic acids is 2. The van der Waals surface area contributed by atoms with Gasteiger partial charge in [-0.1, -0.05) is 41.5 Å². The van der Waals surface area contributed by atoms with E-state index in [-0.39, 0.29) is 0 Å². The van der Waals surface area contributed by atoms with Crippen molar-refractivity contribution in [2.75, 3.05) is 14.2 Å². The Bertz CT molecular complexity index is 272. The van der Waals surface area contributed by atoms with Crippen LogP contribution in [0.3, 0.4) is 0 Å². The molecule has 0 rings (SSSR count). The highest BCUT2D eigenvalue weighted by Crippen LogP contribution is 2.53. The van der Waals surface area contributed by atoms with Crippen LogP contribution in [0, 0.1) is 16.2 Å². The van der Waals surface area contributed by atoms with Gasteiger partial charge >= 0.3 is 11.9 Å². The molecule has 0 spiro atoms. The molecular weight excluding hydrogens is 220 g/mol. The summed E-state index contributed by atoms with van der Waals surface area (Å²) in [7, 11) is 2.58. The minimum Gasteiger partial charge on any atom is -0.468 e. The average Bonchev–Trinajstić information content (AvgIpc) is 2.13. The van der Waals surface area contributed by atoms with Crippen LogP contribution in [0.1, 0.15) is 41.5 Å². The first kappa shape index (κ1) is 15.9. The van der Waals surface area contributed by atoms with Crippen LogP contribution >= 0.6 is 0 Å². The Labute approximate surface area is 104 Å². The molecule has 0 saturated carbocycles. The zero-order valence-corrected chi connectivity index (χ0v) is 12.1. The summed E-state index contributed by atoms with van der Waals surface area (Å²) in [5, 5.41) is 0. The van der Waals surface area contributed by atoms with Crippen LogP contribution in [0.4, 0.5) is 0 Å². The first-order valence-electron chi connectivity index (χ1n) is 5.63. The number of hydrogen-bond donors (Lipinski definition) is 0. The smallest absolute Gasteiger partial charge is 0.324 e. The minimum absolute atomic E-state index is 0.552. The normalized spacial score (nSPS) is 13.2. The third kappa shape index (κ3) is 2.31. The van der Waals surface area contributed by atoms with Gasteiger partial charge in [0.05, 0.1) is 14.2 Å². The summed E-state index contributed by atoms with van der Waals surface area (Å²) in [6, 6.07) is 0. The molecule has 0 heterocycles. The van der Waals surface area contributed by atoms with Crippen LogP contribution in [-0.4, -0.2) is 26.2 Å². The first-order chi connectivity index (χ1) is 7.46. The molecule has 0 bridgehead atoms. The molecule has 0 aliphatic carbocycles. The van der Waals surface area contributed by atoms with Gasteiger partial charge in [-0.25, -0.2) is 0 Å². The maximum atomic E-state index is 12.2. The zero-order chi connectivity index (χ0) is 14.1. The Morgan fingerprint density at radius 1 is 0.706 bits per heavy atom. The Morgan fingerprint density at radius 3 is 1.06 bits per heavy atom. The van der Waals surface area contributed by atoms with E-state index in [0.717, 1.165) is 0 Å². The van der Waals surface area contributed by atoms with Gasteiger partial charge in [0, 0.05) is 0 Å². The van der Waals surface area contributed by atoms with Crippen molar-refractivity contribution in [1.82, 2.24) is 0 Å². The lowest BCUT2D eigenvalue weighted by atomic mass is 9.54. The molecule has 0 aromatic rings. The van der Waals surface area contributed by atoms with Gasteiger partial charge in [0.15, 0.2) is 5.41 Å². The van der Waals surface area contributed by atoms with Crippen molar-refractivity contribution in [3.63, 3.8) is 0 Å². The molecule has 0 aliphatic heterocycles. The van der Waals surface area contributed by atoms with Crippen molar-refractivity contribution in [2.24, 2.45) is 16.2 Å². The molecule has 4 nitrogen and oxygen atoms in total. The average molecular weight is 244 g/mol. The molecule has 0 aromatic heterocycles. The van der Waals surface area contributed by atoms with Crippen molar-refractivity contribution in [3.05, 3.63) is 0 Å². The lowest BCUT2D eigenvalue weighted by molar-refractivity contribution is -0.190. The molecule has 0 radical (unpaired) electrons. The quantitative estimate of drug-likeness (QED) is 0.553. The Morgan fingerprint density at radius 2 is 0.941 bits per heavy atom.